The lowest BCUT2D eigenvalue weighted by Gasteiger charge is -2.09. The third-order valence-electron chi connectivity index (χ3n) is 1.64. The molecule has 0 spiro atoms. The molecule has 0 aromatic rings. The van der Waals surface area contributed by atoms with Gasteiger partial charge in [-0.25, -0.2) is 0 Å². The first-order chi connectivity index (χ1) is 5.60. The van der Waals surface area contributed by atoms with Crippen molar-refractivity contribution < 1.29 is 0 Å². The molecule has 3 nitrogen and oxygen atoms in total. The van der Waals surface area contributed by atoms with Crippen LogP contribution >= 0.6 is 0 Å². The van der Waals surface area contributed by atoms with Crippen molar-refractivity contribution >= 4 is 11.9 Å². The molecule has 0 saturated heterocycles. The molecule has 0 amide bonds. The highest BCUT2D eigenvalue weighted by molar-refractivity contribution is 5.79. The molecule has 4 N–H and O–H groups in total. The highest BCUT2D eigenvalue weighted by atomic mass is 14.5. The van der Waals surface area contributed by atoms with E-state index < -0.39 is 0 Å². The van der Waals surface area contributed by atoms with Gasteiger partial charge in [0.05, 0.1) is 0 Å². The Labute approximate surface area is 73.7 Å². The van der Waals surface area contributed by atoms with Gasteiger partial charge in [-0.1, -0.05) is 6.92 Å². The van der Waals surface area contributed by atoms with Gasteiger partial charge in [0, 0.05) is 11.9 Å². The number of hydrogen-bond donors (Lipinski definition) is 3. The molecule has 0 heterocycles. The van der Waals surface area contributed by atoms with Crippen molar-refractivity contribution in [1.82, 2.24) is 0 Å². The van der Waals surface area contributed by atoms with Crippen LogP contribution in [0.2, 0.25) is 0 Å². The topological polar surface area (TPSA) is 73.7 Å². The van der Waals surface area contributed by atoms with E-state index in [-0.39, 0.29) is 0 Å². The summed E-state index contributed by atoms with van der Waals surface area (Å²) in [5.74, 6) is 0.402. The van der Waals surface area contributed by atoms with Crippen LogP contribution < -0.4 is 5.73 Å². The Morgan fingerprint density at radius 1 is 1.50 bits per heavy atom. The number of hydrogen-bond acceptors (Lipinski definition) is 3. The number of nitrogens with two attached hydrogens (primary N) is 1. The van der Waals surface area contributed by atoms with E-state index in [4.69, 9.17) is 16.6 Å². The first kappa shape index (κ1) is 10.9. The van der Waals surface area contributed by atoms with E-state index in [0.29, 0.717) is 11.6 Å². The van der Waals surface area contributed by atoms with Crippen molar-refractivity contribution in [1.29, 1.82) is 10.8 Å². The predicted molar refractivity (Wildman–Crippen MR) is 52.9 cm³/mol. The van der Waals surface area contributed by atoms with E-state index in [0.717, 1.165) is 18.4 Å². The van der Waals surface area contributed by atoms with E-state index in [2.05, 4.69) is 6.92 Å². The van der Waals surface area contributed by atoms with Gasteiger partial charge in [-0.3, -0.25) is 0 Å². The van der Waals surface area contributed by atoms with Gasteiger partial charge in [0.15, 0.2) is 0 Å². The second kappa shape index (κ2) is 5.52. The normalized spacial score (nSPS) is 14.0. The summed E-state index contributed by atoms with van der Waals surface area (Å²) >= 11 is 0. The third-order valence-corrected chi connectivity index (χ3v) is 1.64. The molecule has 0 radical (unpaired) electrons. The molecule has 12 heavy (non-hydrogen) atoms. The van der Waals surface area contributed by atoms with Gasteiger partial charge >= 0.3 is 0 Å². The first-order valence-corrected chi connectivity index (χ1v) is 4.05. The minimum Gasteiger partial charge on any atom is -0.404 e. The van der Waals surface area contributed by atoms with Crippen molar-refractivity contribution in [2.45, 2.75) is 26.7 Å². The summed E-state index contributed by atoms with van der Waals surface area (Å²) in [5, 5.41) is 14.3. The fraction of sp³-hybridized carbons (Fsp3) is 0.556. The van der Waals surface area contributed by atoms with Crippen LogP contribution in [0.5, 0.6) is 0 Å². The summed E-state index contributed by atoms with van der Waals surface area (Å²) < 4.78 is 0. The minimum atomic E-state index is 0.402. The van der Waals surface area contributed by atoms with Gasteiger partial charge in [0.1, 0.15) is 0 Å². The fourth-order valence-electron chi connectivity index (χ4n) is 1.17. The lowest BCUT2D eigenvalue weighted by Crippen LogP contribution is -2.04. The smallest absolute Gasteiger partial charge is 0.0224 e. The zero-order chi connectivity index (χ0) is 9.56. The van der Waals surface area contributed by atoms with E-state index in [1.165, 1.54) is 12.4 Å². The molecule has 3 heteroatoms. The van der Waals surface area contributed by atoms with Crippen molar-refractivity contribution in [3.8, 4) is 0 Å². The average Bonchev–Trinajstić information content (AvgIpc) is 1.98. The summed E-state index contributed by atoms with van der Waals surface area (Å²) in [6.07, 6.45) is 4.31. The summed E-state index contributed by atoms with van der Waals surface area (Å²) in [6, 6.07) is 0. The van der Waals surface area contributed by atoms with Crippen LogP contribution in [0.3, 0.4) is 0 Å². The number of allylic oxidation sites excluding steroid dienone is 1. The monoisotopic (exact) mass is 167 g/mol. The Balaban J connectivity index is 3.90. The van der Waals surface area contributed by atoms with E-state index >= 15 is 0 Å². The summed E-state index contributed by atoms with van der Waals surface area (Å²) in [4.78, 5) is 0. The van der Waals surface area contributed by atoms with Crippen molar-refractivity contribution in [3.05, 3.63) is 11.8 Å². The molecule has 68 valence electrons. The van der Waals surface area contributed by atoms with Crippen LogP contribution in [0.15, 0.2) is 11.8 Å². The number of rotatable bonds is 5. The van der Waals surface area contributed by atoms with Gasteiger partial charge in [-0.05, 0) is 37.5 Å². The Bertz CT molecular complexity index is 194. The van der Waals surface area contributed by atoms with Crippen molar-refractivity contribution in [2.75, 3.05) is 0 Å². The Morgan fingerprint density at radius 2 is 2.08 bits per heavy atom. The first-order valence-electron chi connectivity index (χ1n) is 4.05. The van der Waals surface area contributed by atoms with Crippen LogP contribution in [0.4, 0.5) is 0 Å². The van der Waals surface area contributed by atoms with E-state index in [9.17, 15) is 0 Å². The van der Waals surface area contributed by atoms with Crippen molar-refractivity contribution in [3.63, 3.8) is 0 Å². The average molecular weight is 167 g/mol. The van der Waals surface area contributed by atoms with Crippen LogP contribution in [0.1, 0.15) is 26.7 Å². The molecule has 0 aliphatic carbocycles. The fourth-order valence-corrected chi connectivity index (χ4v) is 1.17. The zero-order valence-electron chi connectivity index (χ0n) is 7.72. The second-order valence-electron chi connectivity index (χ2n) is 3.18. The Morgan fingerprint density at radius 3 is 2.42 bits per heavy atom. The molecular weight excluding hydrogens is 150 g/mol. The molecular formula is C9H17N3. The van der Waals surface area contributed by atoms with E-state index in [1.807, 2.05) is 0 Å². The molecule has 0 aromatic heterocycles. The molecule has 0 aliphatic heterocycles. The molecule has 0 rings (SSSR count). The van der Waals surface area contributed by atoms with Crippen LogP contribution in [-0.2, 0) is 0 Å². The molecule has 1 atom stereocenters. The summed E-state index contributed by atoms with van der Waals surface area (Å²) in [6.45, 7) is 3.86. The molecule has 0 fully saturated rings. The maximum Gasteiger partial charge on any atom is 0.0224 e. The lowest BCUT2D eigenvalue weighted by atomic mass is 9.97. The van der Waals surface area contributed by atoms with Gasteiger partial charge in [0.25, 0.3) is 0 Å². The van der Waals surface area contributed by atoms with Gasteiger partial charge in [-0.2, -0.15) is 0 Å². The number of nitrogens with one attached hydrogen (secondary N) is 2. The minimum absolute atomic E-state index is 0.402. The SMILES string of the molecule is CC(=N)CC(C)C/C(C=N)=C/N. The summed E-state index contributed by atoms with van der Waals surface area (Å²) in [5.41, 5.74) is 6.82. The van der Waals surface area contributed by atoms with Gasteiger partial charge in [-0.15, -0.1) is 0 Å². The lowest BCUT2D eigenvalue weighted by molar-refractivity contribution is 0.609. The molecule has 1 unspecified atom stereocenters. The molecule has 0 aliphatic rings. The standard InChI is InChI=1S/C9H17N3/c1-7(3-8(2)12)4-9(5-10)6-11/h5-7,10,12H,3-4,11H2,1-2H3/b9-6-,10-5?,12-8?. The summed E-state index contributed by atoms with van der Waals surface area (Å²) in [7, 11) is 0. The Hall–Kier alpha value is -1.12. The predicted octanol–water partition coefficient (Wildman–Crippen LogP) is 1.93. The van der Waals surface area contributed by atoms with Crippen LogP contribution in [0, 0.1) is 16.7 Å². The maximum atomic E-state index is 7.28. The zero-order valence-corrected chi connectivity index (χ0v) is 7.72. The highest BCUT2D eigenvalue weighted by Gasteiger charge is 2.04. The molecule has 0 bridgehead atoms. The van der Waals surface area contributed by atoms with Crippen LogP contribution in [0.25, 0.3) is 0 Å². The van der Waals surface area contributed by atoms with E-state index in [1.54, 1.807) is 6.92 Å². The second-order valence-corrected chi connectivity index (χ2v) is 3.18. The third kappa shape index (κ3) is 4.66. The van der Waals surface area contributed by atoms with Gasteiger partial charge < -0.3 is 16.6 Å². The van der Waals surface area contributed by atoms with Gasteiger partial charge in [0.2, 0.25) is 0 Å². The highest BCUT2D eigenvalue weighted by Crippen LogP contribution is 2.12. The maximum absolute atomic E-state index is 7.28. The molecule has 0 saturated carbocycles. The molecule has 0 aromatic carbocycles. The van der Waals surface area contributed by atoms with Crippen LogP contribution in [-0.4, -0.2) is 11.9 Å². The Kier molecular flexibility index (Phi) is 5.00. The largest absolute Gasteiger partial charge is 0.404 e. The van der Waals surface area contributed by atoms with Crippen molar-refractivity contribution in [2.24, 2.45) is 11.7 Å². The quantitative estimate of drug-likeness (QED) is 0.538.